The SMILES string of the molecule is CC1COCC=C1c1ccccc1. The Hall–Kier alpha value is -1.08. The highest BCUT2D eigenvalue weighted by molar-refractivity contribution is 5.67. The molecule has 1 aliphatic heterocycles. The molecule has 0 N–H and O–H groups in total. The van der Waals surface area contributed by atoms with Crippen molar-refractivity contribution in [3.63, 3.8) is 0 Å². The van der Waals surface area contributed by atoms with E-state index in [0.29, 0.717) is 5.92 Å². The molecule has 1 aliphatic rings. The Morgan fingerprint density at radius 2 is 2.00 bits per heavy atom. The van der Waals surface area contributed by atoms with Crippen molar-refractivity contribution in [3.05, 3.63) is 42.0 Å². The van der Waals surface area contributed by atoms with Gasteiger partial charge in [0.05, 0.1) is 13.2 Å². The molecule has 2 rings (SSSR count). The van der Waals surface area contributed by atoms with Crippen LogP contribution in [0.2, 0.25) is 0 Å². The smallest absolute Gasteiger partial charge is 0.0653 e. The quantitative estimate of drug-likeness (QED) is 0.636. The van der Waals surface area contributed by atoms with Gasteiger partial charge < -0.3 is 4.74 Å². The zero-order chi connectivity index (χ0) is 9.10. The molecule has 0 saturated carbocycles. The highest BCUT2D eigenvalue weighted by Crippen LogP contribution is 2.25. The molecule has 0 aliphatic carbocycles. The van der Waals surface area contributed by atoms with Gasteiger partial charge in [0.2, 0.25) is 0 Å². The Kier molecular flexibility index (Phi) is 2.46. The number of rotatable bonds is 1. The molecule has 1 heteroatoms. The van der Waals surface area contributed by atoms with Crippen molar-refractivity contribution < 1.29 is 4.74 Å². The van der Waals surface area contributed by atoms with Crippen LogP contribution in [0.4, 0.5) is 0 Å². The summed E-state index contributed by atoms with van der Waals surface area (Å²) in [5.74, 6) is 0.524. The maximum Gasteiger partial charge on any atom is 0.0653 e. The fraction of sp³-hybridized carbons (Fsp3) is 0.333. The zero-order valence-corrected chi connectivity index (χ0v) is 7.86. The van der Waals surface area contributed by atoms with E-state index in [-0.39, 0.29) is 0 Å². The van der Waals surface area contributed by atoms with Crippen LogP contribution in [0.15, 0.2) is 36.4 Å². The van der Waals surface area contributed by atoms with Crippen LogP contribution in [0.3, 0.4) is 0 Å². The third-order valence-electron chi connectivity index (χ3n) is 2.43. The average molecular weight is 174 g/mol. The molecule has 1 aromatic rings. The average Bonchev–Trinajstić information content (AvgIpc) is 2.20. The van der Waals surface area contributed by atoms with Gasteiger partial charge in [-0.2, -0.15) is 0 Å². The lowest BCUT2D eigenvalue weighted by atomic mass is 9.93. The van der Waals surface area contributed by atoms with E-state index in [1.807, 2.05) is 6.07 Å². The lowest BCUT2D eigenvalue weighted by Crippen LogP contribution is -2.13. The Morgan fingerprint density at radius 1 is 1.23 bits per heavy atom. The summed E-state index contributed by atoms with van der Waals surface area (Å²) in [7, 11) is 0. The second-order valence-electron chi connectivity index (χ2n) is 3.46. The van der Waals surface area contributed by atoms with Crippen LogP contribution in [0.25, 0.3) is 5.57 Å². The predicted octanol–water partition coefficient (Wildman–Crippen LogP) is 2.74. The van der Waals surface area contributed by atoms with Crippen molar-refractivity contribution in [2.75, 3.05) is 13.2 Å². The van der Waals surface area contributed by atoms with Gasteiger partial charge >= 0.3 is 0 Å². The summed E-state index contributed by atoms with van der Waals surface area (Å²) < 4.78 is 5.36. The van der Waals surface area contributed by atoms with E-state index in [0.717, 1.165) is 13.2 Å². The summed E-state index contributed by atoms with van der Waals surface area (Å²) in [5, 5.41) is 0. The predicted molar refractivity (Wildman–Crippen MR) is 54.4 cm³/mol. The van der Waals surface area contributed by atoms with Crippen LogP contribution in [0, 0.1) is 5.92 Å². The second kappa shape index (κ2) is 3.75. The van der Waals surface area contributed by atoms with E-state index in [9.17, 15) is 0 Å². The normalized spacial score (nSPS) is 22.5. The molecule has 0 saturated heterocycles. The van der Waals surface area contributed by atoms with Gasteiger partial charge in [-0.25, -0.2) is 0 Å². The van der Waals surface area contributed by atoms with Gasteiger partial charge in [0, 0.05) is 5.92 Å². The largest absolute Gasteiger partial charge is 0.377 e. The lowest BCUT2D eigenvalue weighted by molar-refractivity contribution is 0.135. The molecule has 0 bridgehead atoms. The molecule has 1 heterocycles. The third kappa shape index (κ3) is 1.81. The molecular formula is C12H14O. The summed E-state index contributed by atoms with van der Waals surface area (Å²) in [6, 6.07) is 10.5. The van der Waals surface area contributed by atoms with Crippen LogP contribution in [0.5, 0.6) is 0 Å². The molecule has 0 spiro atoms. The molecule has 13 heavy (non-hydrogen) atoms. The maximum atomic E-state index is 5.36. The number of benzene rings is 1. The Bertz CT molecular complexity index is 300. The van der Waals surface area contributed by atoms with Crippen LogP contribution in [-0.4, -0.2) is 13.2 Å². The van der Waals surface area contributed by atoms with Crippen molar-refractivity contribution in [1.82, 2.24) is 0 Å². The molecule has 68 valence electrons. The zero-order valence-electron chi connectivity index (χ0n) is 7.86. The van der Waals surface area contributed by atoms with Crippen LogP contribution in [-0.2, 0) is 4.74 Å². The van der Waals surface area contributed by atoms with E-state index < -0.39 is 0 Å². The molecule has 0 fully saturated rings. The van der Waals surface area contributed by atoms with Crippen molar-refractivity contribution in [3.8, 4) is 0 Å². The summed E-state index contributed by atoms with van der Waals surface area (Å²) in [4.78, 5) is 0. The molecule has 0 radical (unpaired) electrons. The number of hydrogen-bond donors (Lipinski definition) is 0. The first kappa shape index (κ1) is 8.52. The highest BCUT2D eigenvalue weighted by atomic mass is 16.5. The van der Waals surface area contributed by atoms with Gasteiger partial charge in [-0.05, 0) is 11.1 Å². The third-order valence-corrected chi connectivity index (χ3v) is 2.43. The fourth-order valence-electron chi connectivity index (χ4n) is 1.72. The topological polar surface area (TPSA) is 9.23 Å². The van der Waals surface area contributed by atoms with Crippen molar-refractivity contribution >= 4 is 5.57 Å². The summed E-state index contributed by atoms with van der Waals surface area (Å²) in [5.41, 5.74) is 2.75. The highest BCUT2D eigenvalue weighted by Gasteiger charge is 2.13. The van der Waals surface area contributed by atoms with E-state index in [4.69, 9.17) is 4.74 Å². The minimum absolute atomic E-state index is 0.524. The Labute approximate surface area is 79.0 Å². The molecule has 1 aromatic carbocycles. The van der Waals surface area contributed by atoms with Crippen molar-refractivity contribution in [1.29, 1.82) is 0 Å². The molecular weight excluding hydrogens is 160 g/mol. The van der Waals surface area contributed by atoms with Gasteiger partial charge in [0.1, 0.15) is 0 Å². The van der Waals surface area contributed by atoms with Gasteiger partial charge in [-0.3, -0.25) is 0 Å². The van der Waals surface area contributed by atoms with Gasteiger partial charge in [-0.1, -0.05) is 43.3 Å². The Balaban J connectivity index is 2.30. The van der Waals surface area contributed by atoms with Crippen LogP contribution >= 0.6 is 0 Å². The van der Waals surface area contributed by atoms with E-state index in [1.165, 1.54) is 11.1 Å². The maximum absolute atomic E-state index is 5.36. The van der Waals surface area contributed by atoms with Crippen molar-refractivity contribution in [2.45, 2.75) is 6.92 Å². The van der Waals surface area contributed by atoms with E-state index >= 15 is 0 Å². The van der Waals surface area contributed by atoms with E-state index in [1.54, 1.807) is 0 Å². The standard InChI is InChI=1S/C12H14O/c1-10-9-13-8-7-12(10)11-5-3-2-4-6-11/h2-7,10H,8-9H2,1H3. The number of ether oxygens (including phenoxy) is 1. The first-order valence-corrected chi connectivity index (χ1v) is 4.71. The Morgan fingerprint density at radius 3 is 2.69 bits per heavy atom. The lowest BCUT2D eigenvalue weighted by Gasteiger charge is -2.20. The molecule has 0 amide bonds. The first-order chi connectivity index (χ1) is 6.38. The molecule has 0 aromatic heterocycles. The monoisotopic (exact) mass is 174 g/mol. The summed E-state index contributed by atoms with van der Waals surface area (Å²) >= 11 is 0. The summed E-state index contributed by atoms with van der Waals surface area (Å²) in [6.07, 6.45) is 2.18. The minimum atomic E-state index is 0.524. The molecule has 1 atom stereocenters. The first-order valence-electron chi connectivity index (χ1n) is 4.71. The fourth-order valence-corrected chi connectivity index (χ4v) is 1.72. The molecule has 1 unspecified atom stereocenters. The van der Waals surface area contributed by atoms with Gasteiger partial charge in [0.25, 0.3) is 0 Å². The van der Waals surface area contributed by atoms with Gasteiger partial charge in [-0.15, -0.1) is 0 Å². The number of hydrogen-bond acceptors (Lipinski definition) is 1. The second-order valence-corrected chi connectivity index (χ2v) is 3.46. The summed E-state index contributed by atoms with van der Waals surface area (Å²) in [6.45, 7) is 3.81. The van der Waals surface area contributed by atoms with Crippen LogP contribution in [0.1, 0.15) is 12.5 Å². The van der Waals surface area contributed by atoms with E-state index in [2.05, 4.69) is 37.3 Å². The minimum Gasteiger partial charge on any atom is -0.377 e. The molecule has 1 nitrogen and oxygen atoms in total. The van der Waals surface area contributed by atoms with Gasteiger partial charge in [0.15, 0.2) is 0 Å². The van der Waals surface area contributed by atoms with Crippen molar-refractivity contribution in [2.24, 2.45) is 5.92 Å². The van der Waals surface area contributed by atoms with Crippen LogP contribution < -0.4 is 0 Å².